The Morgan fingerprint density at radius 1 is 1.05 bits per heavy atom. The van der Waals surface area contributed by atoms with Crippen LogP contribution in [0, 0.1) is 19.7 Å². The smallest absolute Gasteiger partial charge is 0.199 e. The summed E-state index contributed by atoms with van der Waals surface area (Å²) >= 11 is 0. The molecule has 106 valence electrons. The van der Waals surface area contributed by atoms with Crippen molar-refractivity contribution in [3.8, 4) is 11.5 Å². The van der Waals surface area contributed by atoms with Gasteiger partial charge in [-0.1, -0.05) is 0 Å². The number of halogens is 1. The zero-order valence-corrected chi connectivity index (χ0v) is 11.7. The molecule has 2 aromatic rings. The summed E-state index contributed by atoms with van der Waals surface area (Å²) in [5.41, 5.74) is 0.264. The number of aryl methyl sites for hydroxylation is 2. The molecule has 1 aromatic carbocycles. The number of carbonyl (C=O) groups is 1. The minimum atomic E-state index is -0.661. The summed E-state index contributed by atoms with van der Waals surface area (Å²) in [4.78, 5) is 12.4. The Balaban J connectivity index is 2.52. The van der Waals surface area contributed by atoms with Gasteiger partial charge >= 0.3 is 0 Å². The van der Waals surface area contributed by atoms with Crippen LogP contribution >= 0.6 is 0 Å². The van der Waals surface area contributed by atoms with Crippen molar-refractivity contribution >= 4 is 5.78 Å². The van der Waals surface area contributed by atoms with Crippen LogP contribution in [0.15, 0.2) is 22.6 Å². The molecule has 0 aliphatic heterocycles. The van der Waals surface area contributed by atoms with Gasteiger partial charge < -0.3 is 13.9 Å². The molecule has 0 aliphatic rings. The van der Waals surface area contributed by atoms with E-state index in [0.717, 1.165) is 6.07 Å². The predicted octanol–water partition coefficient (Wildman–Crippen LogP) is 3.28. The monoisotopic (exact) mass is 278 g/mol. The Morgan fingerprint density at radius 2 is 1.65 bits per heavy atom. The molecular formula is C15H15FO4. The first-order chi connectivity index (χ1) is 9.47. The molecule has 0 amide bonds. The lowest BCUT2D eigenvalue weighted by molar-refractivity contribution is 0.103. The van der Waals surface area contributed by atoms with Crippen molar-refractivity contribution in [3.05, 3.63) is 46.7 Å². The maximum atomic E-state index is 14.0. The molecule has 0 fully saturated rings. The molecule has 0 saturated heterocycles. The molecule has 5 heteroatoms. The Labute approximate surface area is 116 Å². The number of hydrogen-bond acceptors (Lipinski definition) is 4. The number of carbonyl (C=O) groups excluding carboxylic acids is 1. The van der Waals surface area contributed by atoms with Gasteiger partial charge in [-0.15, -0.1) is 0 Å². The standard InChI is InChI=1S/C15H15FO4/c1-8-5-10(9(2)20-8)15(17)11-6-13(18-3)14(19-4)7-12(11)16/h5-7H,1-4H3. The van der Waals surface area contributed by atoms with E-state index >= 15 is 0 Å². The summed E-state index contributed by atoms with van der Waals surface area (Å²) in [5, 5.41) is 0. The van der Waals surface area contributed by atoms with Crippen LogP contribution < -0.4 is 9.47 Å². The lowest BCUT2D eigenvalue weighted by Crippen LogP contribution is -2.06. The summed E-state index contributed by atoms with van der Waals surface area (Å²) in [7, 11) is 2.83. The van der Waals surface area contributed by atoms with E-state index < -0.39 is 11.6 Å². The molecule has 0 radical (unpaired) electrons. The fourth-order valence-corrected chi connectivity index (χ4v) is 2.03. The molecule has 1 heterocycles. The van der Waals surface area contributed by atoms with Crippen LogP contribution in [0.3, 0.4) is 0 Å². The molecule has 1 aromatic heterocycles. The van der Waals surface area contributed by atoms with Gasteiger partial charge in [-0.2, -0.15) is 0 Å². The molecule has 2 rings (SSSR count). The second-order valence-electron chi connectivity index (χ2n) is 4.34. The fraction of sp³-hybridized carbons (Fsp3) is 0.267. The van der Waals surface area contributed by atoms with E-state index in [9.17, 15) is 9.18 Å². The van der Waals surface area contributed by atoms with Crippen LogP contribution in [0.4, 0.5) is 4.39 Å². The normalized spacial score (nSPS) is 10.4. The van der Waals surface area contributed by atoms with Crippen molar-refractivity contribution in [1.82, 2.24) is 0 Å². The highest BCUT2D eigenvalue weighted by molar-refractivity contribution is 6.10. The highest BCUT2D eigenvalue weighted by atomic mass is 19.1. The van der Waals surface area contributed by atoms with Crippen molar-refractivity contribution in [3.63, 3.8) is 0 Å². The van der Waals surface area contributed by atoms with Gasteiger partial charge in [0.15, 0.2) is 17.3 Å². The van der Waals surface area contributed by atoms with E-state index in [1.54, 1.807) is 19.9 Å². The number of benzene rings is 1. The first-order valence-corrected chi connectivity index (χ1v) is 6.01. The second-order valence-corrected chi connectivity index (χ2v) is 4.34. The highest BCUT2D eigenvalue weighted by Gasteiger charge is 2.21. The van der Waals surface area contributed by atoms with Crippen LogP contribution in [0.1, 0.15) is 27.4 Å². The van der Waals surface area contributed by atoms with Crippen LogP contribution in [-0.4, -0.2) is 20.0 Å². The largest absolute Gasteiger partial charge is 0.493 e. The minimum Gasteiger partial charge on any atom is -0.493 e. The third-order valence-electron chi connectivity index (χ3n) is 3.00. The summed E-state index contributed by atoms with van der Waals surface area (Å²) < 4.78 is 29.4. The lowest BCUT2D eigenvalue weighted by Gasteiger charge is -2.10. The minimum absolute atomic E-state index is 0.0773. The van der Waals surface area contributed by atoms with Gasteiger partial charge in [0, 0.05) is 6.07 Å². The molecule has 0 atom stereocenters. The van der Waals surface area contributed by atoms with Crippen molar-refractivity contribution in [1.29, 1.82) is 0 Å². The lowest BCUT2D eigenvalue weighted by atomic mass is 10.0. The van der Waals surface area contributed by atoms with Crippen LogP contribution in [0.2, 0.25) is 0 Å². The molecule has 0 bridgehead atoms. The van der Waals surface area contributed by atoms with E-state index in [2.05, 4.69) is 0 Å². The van der Waals surface area contributed by atoms with E-state index in [4.69, 9.17) is 13.9 Å². The van der Waals surface area contributed by atoms with Gasteiger partial charge in [-0.05, 0) is 26.0 Å². The number of methoxy groups -OCH3 is 2. The van der Waals surface area contributed by atoms with Gasteiger partial charge in [-0.3, -0.25) is 4.79 Å². The number of ketones is 1. The summed E-state index contributed by atoms with van der Waals surface area (Å²) in [6.45, 7) is 3.40. The average Bonchev–Trinajstić information content (AvgIpc) is 2.76. The van der Waals surface area contributed by atoms with Crippen molar-refractivity contribution < 1.29 is 23.1 Å². The van der Waals surface area contributed by atoms with E-state index in [-0.39, 0.29) is 11.3 Å². The molecule has 0 N–H and O–H groups in total. The molecule has 0 saturated carbocycles. The van der Waals surface area contributed by atoms with E-state index in [0.29, 0.717) is 22.8 Å². The first-order valence-electron chi connectivity index (χ1n) is 6.01. The molecule has 0 unspecified atom stereocenters. The average molecular weight is 278 g/mol. The zero-order valence-electron chi connectivity index (χ0n) is 11.7. The highest BCUT2D eigenvalue weighted by Crippen LogP contribution is 2.31. The van der Waals surface area contributed by atoms with Crippen LogP contribution in [0.25, 0.3) is 0 Å². The molecule has 4 nitrogen and oxygen atoms in total. The quantitative estimate of drug-likeness (QED) is 0.805. The van der Waals surface area contributed by atoms with Crippen molar-refractivity contribution in [2.75, 3.05) is 14.2 Å². The molecule has 20 heavy (non-hydrogen) atoms. The Bertz CT molecular complexity index is 658. The first kappa shape index (κ1) is 14.1. The van der Waals surface area contributed by atoms with Crippen molar-refractivity contribution in [2.45, 2.75) is 13.8 Å². The number of ether oxygens (including phenoxy) is 2. The van der Waals surface area contributed by atoms with Crippen LogP contribution in [0.5, 0.6) is 11.5 Å². The molecular weight excluding hydrogens is 263 g/mol. The third kappa shape index (κ3) is 2.39. The summed E-state index contributed by atoms with van der Waals surface area (Å²) in [6, 6.07) is 4.06. The Morgan fingerprint density at radius 3 is 2.15 bits per heavy atom. The Hall–Kier alpha value is -2.30. The van der Waals surface area contributed by atoms with Gasteiger partial charge in [-0.25, -0.2) is 4.39 Å². The Kier molecular flexibility index (Phi) is 3.79. The van der Waals surface area contributed by atoms with Gasteiger partial charge in [0.05, 0.1) is 25.3 Å². The molecule has 0 spiro atoms. The fourth-order valence-electron chi connectivity index (χ4n) is 2.03. The van der Waals surface area contributed by atoms with Crippen LogP contribution in [-0.2, 0) is 0 Å². The molecule has 0 aliphatic carbocycles. The van der Waals surface area contributed by atoms with E-state index in [1.807, 2.05) is 0 Å². The maximum Gasteiger partial charge on any atom is 0.199 e. The topological polar surface area (TPSA) is 48.7 Å². The SMILES string of the molecule is COc1cc(F)c(C(=O)c2cc(C)oc2C)cc1OC. The van der Waals surface area contributed by atoms with E-state index in [1.165, 1.54) is 20.3 Å². The van der Waals surface area contributed by atoms with Crippen molar-refractivity contribution in [2.24, 2.45) is 0 Å². The van der Waals surface area contributed by atoms with Gasteiger partial charge in [0.1, 0.15) is 17.3 Å². The predicted molar refractivity (Wildman–Crippen MR) is 71.1 cm³/mol. The van der Waals surface area contributed by atoms with Gasteiger partial charge in [0.25, 0.3) is 0 Å². The third-order valence-corrected chi connectivity index (χ3v) is 3.00. The zero-order chi connectivity index (χ0) is 14.9. The maximum absolute atomic E-state index is 14.0. The summed E-state index contributed by atoms with van der Waals surface area (Å²) in [6.07, 6.45) is 0. The second kappa shape index (κ2) is 5.36. The number of furan rings is 1. The number of hydrogen-bond donors (Lipinski definition) is 0. The van der Waals surface area contributed by atoms with Gasteiger partial charge in [0.2, 0.25) is 0 Å². The number of rotatable bonds is 4. The summed E-state index contributed by atoms with van der Waals surface area (Å²) in [5.74, 6) is 0.494.